The van der Waals surface area contributed by atoms with Crippen LogP contribution in [0.5, 0.6) is 5.75 Å². The van der Waals surface area contributed by atoms with E-state index in [0.717, 1.165) is 19.1 Å². The molecule has 1 aliphatic heterocycles. The Balaban J connectivity index is 2.10. The lowest BCUT2D eigenvalue weighted by Crippen LogP contribution is -2.47. The first-order valence-electron chi connectivity index (χ1n) is 10.8. The Kier molecular flexibility index (Phi) is 7.12. The van der Waals surface area contributed by atoms with Crippen molar-refractivity contribution in [2.45, 2.75) is 57.6 Å². The number of rotatable bonds is 6. The van der Waals surface area contributed by atoms with Crippen LogP contribution in [0, 0.1) is 17.6 Å². The Labute approximate surface area is 198 Å². The zero-order valence-electron chi connectivity index (χ0n) is 19.4. The third-order valence-electron chi connectivity index (χ3n) is 6.13. The van der Waals surface area contributed by atoms with Crippen LogP contribution < -0.4 is 15.8 Å². The molecule has 1 heterocycles. The van der Waals surface area contributed by atoms with Crippen LogP contribution in [-0.2, 0) is 9.53 Å². The second kappa shape index (κ2) is 9.44. The van der Waals surface area contributed by atoms with Gasteiger partial charge in [0.05, 0.1) is 6.10 Å². The molecule has 0 aromatic heterocycles. The topological polar surface area (TPSA) is 90.6 Å². The number of carbonyl (C=O) groups is 2. The molecule has 1 fully saturated rings. The van der Waals surface area contributed by atoms with Crippen LogP contribution in [-0.4, -0.2) is 35.8 Å². The summed E-state index contributed by atoms with van der Waals surface area (Å²) in [4.78, 5) is 24.6. The Morgan fingerprint density at radius 2 is 1.83 bits per heavy atom. The number of carbonyl (C=O) groups excluding carboxylic acids is 2. The van der Waals surface area contributed by atoms with E-state index in [4.69, 9.17) is 15.2 Å². The zero-order chi connectivity index (χ0) is 26.3. The zero-order valence-corrected chi connectivity index (χ0v) is 19.4. The molecule has 2 aromatic carbocycles. The normalized spacial score (nSPS) is 24.5. The van der Waals surface area contributed by atoms with Gasteiger partial charge in [-0.1, -0.05) is 19.1 Å². The van der Waals surface area contributed by atoms with Gasteiger partial charge in [-0.05, 0) is 45.0 Å². The van der Waals surface area contributed by atoms with Crippen molar-refractivity contribution in [2.24, 2.45) is 11.7 Å². The van der Waals surface area contributed by atoms with Crippen molar-refractivity contribution >= 4 is 17.5 Å². The number of primary amides is 1. The first-order valence-corrected chi connectivity index (χ1v) is 10.8. The minimum Gasteiger partial charge on any atom is -0.488 e. The summed E-state index contributed by atoms with van der Waals surface area (Å²) in [5.74, 6) is -7.71. The molecule has 2 amide bonds. The van der Waals surface area contributed by atoms with Gasteiger partial charge in [-0.3, -0.25) is 9.59 Å². The van der Waals surface area contributed by atoms with E-state index in [9.17, 15) is 31.5 Å². The van der Waals surface area contributed by atoms with Crippen molar-refractivity contribution in [3.05, 3.63) is 59.2 Å². The number of hydrogen-bond acceptors (Lipinski definition) is 4. The van der Waals surface area contributed by atoms with Crippen LogP contribution in [0.2, 0.25) is 0 Å². The molecule has 35 heavy (non-hydrogen) atoms. The van der Waals surface area contributed by atoms with Crippen molar-refractivity contribution in [2.75, 3.05) is 5.32 Å². The largest absolute Gasteiger partial charge is 0.488 e. The monoisotopic (exact) mass is 500 g/mol. The van der Waals surface area contributed by atoms with E-state index in [2.05, 4.69) is 5.32 Å². The molecule has 0 unspecified atom stereocenters. The van der Waals surface area contributed by atoms with Gasteiger partial charge in [0.15, 0.2) is 17.2 Å². The van der Waals surface area contributed by atoms with E-state index in [1.165, 1.54) is 31.2 Å². The van der Waals surface area contributed by atoms with Crippen molar-refractivity contribution in [3.63, 3.8) is 0 Å². The average Bonchev–Trinajstić information content (AvgIpc) is 3.04. The van der Waals surface area contributed by atoms with E-state index in [1.54, 1.807) is 13.8 Å². The van der Waals surface area contributed by atoms with E-state index in [0.29, 0.717) is 0 Å². The van der Waals surface area contributed by atoms with Crippen LogP contribution in [0.15, 0.2) is 36.4 Å². The van der Waals surface area contributed by atoms with Gasteiger partial charge in [-0.15, -0.1) is 0 Å². The molecule has 6 nitrogen and oxygen atoms in total. The second-order valence-corrected chi connectivity index (χ2v) is 8.84. The smallest absolute Gasteiger partial charge is 0.417 e. The van der Waals surface area contributed by atoms with Crippen LogP contribution in [0.25, 0.3) is 0 Å². The number of nitrogens with two attached hydrogens (primary N) is 1. The molecule has 2 aromatic rings. The van der Waals surface area contributed by atoms with Crippen LogP contribution >= 0.6 is 0 Å². The summed E-state index contributed by atoms with van der Waals surface area (Å²) in [6.07, 6.45) is -7.28. The van der Waals surface area contributed by atoms with Gasteiger partial charge in [0.2, 0.25) is 11.7 Å². The maximum atomic E-state index is 14.7. The fraction of sp³-hybridized carbons (Fsp3) is 0.417. The molecule has 11 heteroatoms. The molecule has 0 aliphatic carbocycles. The third kappa shape index (κ3) is 4.95. The Bertz CT molecular complexity index is 1140. The quantitative estimate of drug-likeness (QED) is 0.551. The molecule has 0 saturated carbocycles. The lowest BCUT2D eigenvalue weighted by Gasteiger charge is -2.32. The summed E-state index contributed by atoms with van der Waals surface area (Å²) >= 11 is 0. The fourth-order valence-corrected chi connectivity index (χ4v) is 4.15. The molecular weight excluding hydrogens is 475 g/mol. The molecule has 0 radical (unpaired) electrons. The lowest BCUT2D eigenvalue weighted by molar-refractivity contribution is -0.272. The molecular formula is C24H25F5N2O4. The minimum atomic E-state index is -4.89. The summed E-state index contributed by atoms with van der Waals surface area (Å²) in [6, 6.07) is 7.34. The molecule has 0 spiro atoms. The average molecular weight is 500 g/mol. The molecule has 4 atom stereocenters. The first kappa shape index (κ1) is 26.4. The summed E-state index contributed by atoms with van der Waals surface area (Å²) < 4.78 is 81.7. The summed E-state index contributed by atoms with van der Waals surface area (Å²) in [6.45, 7) is 5.10. The minimum absolute atomic E-state index is 0.0633. The van der Waals surface area contributed by atoms with Gasteiger partial charge in [-0.25, -0.2) is 4.39 Å². The highest BCUT2D eigenvalue weighted by atomic mass is 19.4. The Morgan fingerprint density at radius 1 is 1.17 bits per heavy atom. The molecule has 190 valence electrons. The first-order chi connectivity index (χ1) is 16.2. The van der Waals surface area contributed by atoms with Gasteiger partial charge in [-0.2, -0.15) is 17.6 Å². The second-order valence-electron chi connectivity index (χ2n) is 8.84. The highest BCUT2D eigenvalue weighted by molar-refractivity contribution is 5.98. The SMILES string of the molecule is CC(C)Oc1c([C@H]2[C@H](C(=O)Nc3cccc(C(N)=O)c3)O[C@@](C)(C(F)(F)F)[C@H]2C)ccc(F)c1F. The third-order valence-corrected chi connectivity index (χ3v) is 6.13. The van der Waals surface area contributed by atoms with E-state index in [1.807, 2.05) is 0 Å². The number of hydrogen-bond donors (Lipinski definition) is 2. The van der Waals surface area contributed by atoms with Crippen molar-refractivity contribution in [1.82, 2.24) is 0 Å². The molecule has 3 rings (SSSR count). The highest BCUT2D eigenvalue weighted by Crippen LogP contribution is 2.55. The van der Waals surface area contributed by atoms with E-state index >= 15 is 0 Å². The number of halogens is 5. The number of alkyl halides is 3. The van der Waals surface area contributed by atoms with Crippen molar-refractivity contribution < 1.29 is 41.0 Å². The predicted molar refractivity (Wildman–Crippen MR) is 117 cm³/mol. The maximum Gasteiger partial charge on any atom is 0.417 e. The summed E-state index contributed by atoms with van der Waals surface area (Å²) in [5, 5.41) is 2.43. The van der Waals surface area contributed by atoms with E-state index < -0.39 is 65.0 Å². The van der Waals surface area contributed by atoms with Gasteiger partial charge >= 0.3 is 6.18 Å². The Hall–Kier alpha value is -3.21. The molecule has 1 aliphatic rings. The van der Waals surface area contributed by atoms with Crippen LogP contribution in [0.1, 0.15) is 49.5 Å². The lowest BCUT2D eigenvalue weighted by atomic mass is 9.77. The van der Waals surface area contributed by atoms with Crippen LogP contribution in [0.3, 0.4) is 0 Å². The van der Waals surface area contributed by atoms with E-state index in [-0.39, 0.29) is 16.8 Å². The molecule has 0 bridgehead atoms. The van der Waals surface area contributed by atoms with Gasteiger partial charge in [0.25, 0.3) is 5.91 Å². The predicted octanol–water partition coefficient (Wildman–Crippen LogP) is 4.93. The maximum absolute atomic E-state index is 14.7. The van der Waals surface area contributed by atoms with Gasteiger partial charge in [0.1, 0.15) is 6.10 Å². The fourth-order valence-electron chi connectivity index (χ4n) is 4.15. The van der Waals surface area contributed by atoms with Crippen LogP contribution in [0.4, 0.5) is 27.6 Å². The van der Waals surface area contributed by atoms with Crippen molar-refractivity contribution in [3.8, 4) is 5.75 Å². The number of nitrogens with one attached hydrogen (secondary N) is 1. The Morgan fingerprint density at radius 3 is 2.40 bits per heavy atom. The van der Waals surface area contributed by atoms with Crippen molar-refractivity contribution in [1.29, 1.82) is 0 Å². The highest BCUT2D eigenvalue weighted by Gasteiger charge is 2.66. The number of ether oxygens (including phenoxy) is 2. The number of benzene rings is 2. The summed E-state index contributed by atoms with van der Waals surface area (Å²) in [7, 11) is 0. The number of anilines is 1. The van der Waals surface area contributed by atoms with Gasteiger partial charge in [0, 0.05) is 28.7 Å². The number of amides is 2. The summed E-state index contributed by atoms with van der Waals surface area (Å²) in [5.41, 5.74) is 2.47. The van der Waals surface area contributed by atoms with Gasteiger partial charge < -0.3 is 20.5 Å². The standard InChI is InChI=1S/C24H25F5N2O4/c1-11(2)34-19-15(8-9-16(25)18(19)26)17-12(3)23(4,24(27,28)29)35-20(17)22(33)31-14-7-5-6-13(10-14)21(30)32/h5-12,17,20H,1-4H3,(H2,30,32)(H,31,33)/t12-,17-,20+,23+/m0/s1. The molecule has 1 saturated heterocycles. The molecule has 3 N–H and O–H groups in total.